The normalized spacial score (nSPS) is 19.8. The number of unbranched alkanes of at least 4 members (excludes halogenated alkanes) is 3. The maximum atomic E-state index is 14.6. The number of halogens is 1. The number of ether oxygens (including phenoxy) is 1. The molecule has 14 nitrogen and oxygen atoms in total. The molecule has 2 saturated carbocycles. The lowest BCUT2D eigenvalue weighted by Crippen LogP contribution is -2.54. The Morgan fingerprint density at radius 3 is 2.61 bits per heavy atom. The fourth-order valence-corrected chi connectivity index (χ4v) is 8.23. The van der Waals surface area contributed by atoms with Gasteiger partial charge in [-0.1, -0.05) is 31.1 Å². The van der Waals surface area contributed by atoms with E-state index in [1.165, 1.54) is 48.1 Å². The number of aromatic nitrogens is 3. The van der Waals surface area contributed by atoms with E-state index in [1.807, 2.05) is 11.6 Å². The molecule has 6 rings (SSSR count). The highest BCUT2D eigenvalue weighted by atomic mass is 32.2. The second-order valence-corrected chi connectivity index (χ2v) is 18.0. The maximum absolute atomic E-state index is 14.6. The van der Waals surface area contributed by atoms with Crippen LogP contribution in [0.2, 0.25) is 0 Å². The number of hydrogen-bond acceptors (Lipinski definition) is 11. The summed E-state index contributed by atoms with van der Waals surface area (Å²) in [6.07, 6.45) is 12.1. The second kappa shape index (κ2) is 16.5. The van der Waals surface area contributed by atoms with Crippen molar-refractivity contribution in [1.82, 2.24) is 35.2 Å². The number of benzene rings is 1. The highest BCUT2D eigenvalue weighted by Crippen LogP contribution is 2.42. The van der Waals surface area contributed by atoms with Crippen molar-refractivity contribution in [2.45, 2.75) is 108 Å². The number of nitrogens with zero attached hydrogens (tertiary/aromatic N) is 4. The molecule has 17 heteroatoms. The third-order valence-corrected chi connectivity index (χ3v) is 13.1. The lowest BCUT2D eigenvalue weighted by Gasteiger charge is -2.28. The number of carbonyl (C=O) groups is 4. The molecular formula is C37H46FN7O7S2. The van der Waals surface area contributed by atoms with Gasteiger partial charge < -0.3 is 20.3 Å². The molecule has 3 atom stereocenters. The average molecular weight is 784 g/mol. The number of aryl methyl sites for hydroxylation is 2. The van der Waals surface area contributed by atoms with Gasteiger partial charge in [-0.2, -0.15) is 0 Å². The number of sulfonamides is 1. The summed E-state index contributed by atoms with van der Waals surface area (Å²) in [7, 11) is -3.93. The van der Waals surface area contributed by atoms with Gasteiger partial charge in [0.05, 0.1) is 23.4 Å². The fraction of sp³-hybridized carbons (Fsp3) is 0.541. The molecule has 1 aromatic carbocycles. The Bertz CT molecular complexity index is 2050. The number of rotatable bonds is 17. The summed E-state index contributed by atoms with van der Waals surface area (Å²) in [4.78, 5) is 69.2. The van der Waals surface area contributed by atoms with E-state index in [2.05, 4.69) is 37.7 Å². The van der Waals surface area contributed by atoms with Crippen LogP contribution >= 0.6 is 11.3 Å². The van der Waals surface area contributed by atoms with Gasteiger partial charge in [0.25, 0.3) is 11.8 Å². The first-order chi connectivity index (χ1) is 25.7. The summed E-state index contributed by atoms with van der Waals surface area (Å²) < 4.78 is 47.0. The smallest absolute Gasteiger partial charge is 0.280 e. The molecule has 3 heterocycles. The minimum atomic E-state index is -3.93. The van der Waals surface area contributed by atoms with Gasteiger partial charge in [0, 0.05) is 17.5 Å². The van der Waals surface area contributed by atoms with E-state index in [0.717, 1.165) is 24.1 Å². The van der Waals surface area contributed by atoms with Crippen LogP contribution in [0.4, 0.5) is 4.39 Å². The Kier molecular flexibility index (Phi) is 12.0. The molecule has 290 valence electrons. The minimum Gasteiger partial charge on any atom is -0.471 e. The second-order valence-electron chi connectivity index (χ2n) is 14.6. The van der Waals surface area contributed by atoms with Gasteiger partial charge in [0.15, 0.2) is 10.8 Å². The first-order valence-electron chi connectivity index (χ1n) is 18.4. The lowest BCUT2D eigenvalue weighted by molar-refractivity contribution is -0.140. The molecule has 2 aromatic heterocycles. The predicted molar refractivity (Wildman–Crippen MR) is 200 cm³/mol. The first kappa shape index (κ1) is 39.2. The molecule has 3 aromatic rings. The van der Waals surface area contributed by atoms with Crippen molar-refractivity contribution in [3.8, 4) is 5.88 Å². The Morgan fingerprint density at radius 1 is 1.13 bits per heavy atom. The van der Waals surface area contributed by atoms with Gasteiger partial charge in [-0.05, 0) is 83.8 Å². The van der Waals surface area contributed by atoms with E-state index in [0.29, 0.717) is 42.8 Å². The van der Waals surface area contributed by atoms with Gasteiger partial charge in [0.1, 0.15) is 29.4 Å². The molecule has 3 aliphatic rings. The zero-order chi connectivity index (χ0) is 38.6. The highest BCUT2D eigenvalue weighted by Gasteiger charge is 2.51. The predicted octanol–water partition coefficient (Wildman–Crippen LogP) is 4.02. The Labute approximate surface area is 317 Å². The molecule has 0 unspecified atom stereocenters. The van der Waals surface area contributed by atoms with Crippen LogP contribution in [-0.2, 0) is 24.4 Å². The van der Waals surface area contributed by atoms with Gasteiger partial charge in [-0.25, -0.2) is 27.8 Å². The van der Waals surface area contributed by atoms with Gasteiger partial charge in [-0.15, -0.1) is 11.3 Å². The molecule has 4 amide bonds. The van der Waals surface area contributed by atoms with E-state index >= 15 is 0 Å². The average Bonchev–Trinajstić information content (AvgIpc) is 4.02. The number of allylic oxidation sites excluding steroid dienone is 2. The van der Waals surface area contributed by atoms with Crippen molar-refractivity contribution in [3.63, 3.8) is 0 Å². The summed E-state index contributed by atoms with van der Waals surface area (Å²) in [5, 5.41) is 5.52. The van der Waals surface area contributed by atoms with E-state index in [-0.39, 0.29) is 29.4 Å². The van der Waals surface area contributed by atoms with Crippen molar-refractivity contribution in [2.75, 3.05) is 13.1 Å². The van der Waals surface area contributed by atoms with E-state index in [9.17, 15) is 32.0 Å². The third kappa shape index (κ3) is 9.58. The van der Waals surface area contributed by atoms with Crippen LogP contribution in [0.25, 0.3) is 11.0 Å². The van der Waals surface area contributed by atoms with Gasteiger partial charge in [-0.3, -0.25) is 23.9 Å². The molecule has 0 bridgehead atoms. The highest BCUT2D eigenvalue weighted by molar-refractivity contribution is 7.91. The molecule has 1 saturated heterocycles. The van der Waals surface area contributed by atoms with Gasteiger partial charge in [0.2, 0.25) is 27.7 Å². The number of likely N-dealkylation sites (tertiary alicyclic amines) is 1. The third-order valence-electron chi connectivity index (χ3n) is 9.99. The lowest BCUT2D eigenvalue weighted by atomic mass is 10.0. The van der Waals surface area contributed by atoms with Crippen LogP contribution < -0.4 is 20.1 Å². The summed E-state index contributed by atoms with van der Waals surface area (Å²) in [6.45, 7) is 4.26. The molecule has 3 fully saturated rings. The van der Waals surface area contributed by atoms with Crippen LogP contribution in [0, 0.1) is 25.6 Å². The SMILES string of the molecule is Cc1cnc(C(=O)N[C@@H](CCCCC/C=C\C2CC2)C(=O)N2C[C@H](Oc3nc4c(F)cccc4nc3C)C[C@H]2C(=O)NCC(=O)NS(=O)(=O)C2(C)CC2)s1. The zero-order valence-corrected chi connectivity index (χ0v) is 32.2. The number of para-hydroxylation sites is 1. The van der Waals surface area contributed by atoms with E-state index in [1.54, 1.807) is 19.2 Å². The summed E-state index contributed by atoms with van der Waals surface area (Å²) in [6, 6.07) is 2.23. The quantitative estimate of drug-likeness (QED) is 0.133. The fourth-order valence-electron chi connectivity index (χ4n) is 6.30. The molecule has 0 spiro atoms. The van der Waals surface area contributed by atoms with Crippen LogP contribution in [-0.4, -0.2) is 87.9 Å². The summed E-state index contributed by atoms with van der Waals surface area (Å²) >= 11 is 1.20. The molecule has 3 N–H and O–H groups in total. The number of thiazole rings is 1. The van der Waals surface area contributed by atoms with Crippen LogP contribution in [0.3, 0.4) is 0 Å². The Morgan fingerprint density at radius 2 is 1.91 bits per heavy atom. The van der Waals surface area contributed by atoms with E-state index in [4.69, 9.17) is 4.74 Å². The molecular weight excluding hydrogens is 738 g/mol. The monoisotopic (exact) mass is 783 g/mol. The number of amides is 4. The van der Waals surface area contributed by atoms with E-state index < -0.39 is 68.9 Å². The topological polar surface area (TPSA) is 190 Å². The Balaban J connectivity index is 1.19. The Hall–Kier alpha value is -4.51. The summed E-state index contributed by atoms with van der Waals surface area (Å²) in [5.74, 6) is -2.54. The number of nitrogens with one attached hydrogen (secondary N) is 3. The zero-order valence-electron chi connectivity index (χ0n) is 30.6. The minimum absolute atomic E-state index is 0.00238. The number of hydrogen-bond donors (Lipinski definition) is 3. The van der Waals surface area contributed by atoms with Crippen molar-refractivity contribution in [1.29, 1.82) is 0 Å². The van der Waals surface area contributed by atoms with Crippen LogP contribution in [0.1, 0.15) is 91.5 Å². The van der Waals surface area contributed by atoms with Crippen LogP contribution in [0.5, 0.6) is 5.88 Å². The molecule has 2 aliphatic carbocycles. The summed E-state index contributed by atoms with van der Waals surface area (Å²) in [5.41, 5.74) is 0.712. The number of fused-ring (bicyclic) bond motifs is 1. The van der Waals surface area contributed by atoms with Crippen molar-refractivity contribution in [3.05, 3.63) is 57.9 Å². The largest absolute Gasteiger partial charge is 0.471 e. The molecule has 1 aliphatic heterocycles. The number of carbonyl (C=O) groups excluding carboxylic acids is 4. The standard InChI is InChI=1S/C37H46FN7O7S2/c1-22-19-40-35(53-22)33(48)42-28(12-8-6-4-5-7-10-24-14-15-24)36(49)45-21-25(52-34-23(2)41-27-13-9-11-26(38)31(27)43-34)18-29(45)32(47)39-20-30(46)44-54(50,51)37(3)16-17-37/h7,9-11,13,19,24-25,28-29H,4-6,8,12,14-18,20-21H2,1-3H3,(H,39,47)(H,42,48)(H,44,46)/b10-7-/t25-,28+,29+/m1/s1. The maximum Gasteiger partial charge on any atom is 0.280 e. The molecule has 54 heavy (non-hydrogen) atoms. The van der Waals surface area contributed by atoms with Gasteiger partial charge >= 0.3 is 0 Å². The van der Waals surface area contributed by atoms with Crippen LogP contribution in [0.15, 0.2) is 36.5 Å². The van der Waals surface area contributed by atoms with Crippen molar-refractivity contribution >= 4 is 56.0 Å². The van der Waals surface area contributed by atoms with Crippen molar-refractivity contribution in [2.24, 2.45) is 5.92 Å². The van der Waals surface area contributed by atoms with Crippen molar-refractivity contribution < 1.29 is 36.7 Å². The molecule has 0 radical (unpaired) electrons. The first-order valence-corrected chi connectivity index (χ1v) is 20.7.